The van der Waals surface area contributed by atoms with Crippen LogP contribution in [0.15, 0.2) is 36.5 Å². The lowest BCUT2D eigenvalue weighted by atomic mass is 10.0. The van der Waals surface area contributed by atoms with E-state index >= 15 is 0 Å². The number of aliphatic hydroxyl groups is 2. The molecule has 2 nitrogen and oxygen atoms in total. The SMILES string of the molecule is OC(O)C=CC1C=CC=CC1. The fourth-order valence-electron chi connectivity index (χ4n) is 0.985. The van der Waals surface area contributed by atoms with Crippen LogP contribution in [0, 0.1) is 5.92 Å². The van der Waals surface area contributed by atoms with Gasteiger partial charge in [-0.05, 0) is 18.4 Å². The van der Waals surface area contributed by atoms with Gasteiger partial charge in [-0.1, -0.05) is 30.4 Å². The first-order valence-corrected chi connectivity index (χ1v) is 3.67. The highest BCUT2D eigenvalue weighted by molar-refractivity contribution is 5.15. The van der Waals surface area contributed by atoms with Crippen LogP contribution in [0.3, 0.4) is 0 Å². The summed E-state index contributed by atoms with van der Waals surface area (Å²) in [6.45, 7) is 0. The molecule has 0 saturated carbocycles. The molecule has 1 rings (SSSR count). The molecular formula is C9H12O2. The summed E-state index contributed by atoms with van der Waals surface area (Å²) in [6.07, 6.45) is 10.8. The minimum atomic E-state index is -1.32. The average molecular weight is 152 g/mol. The molecule has 1 aliphatic carbocycles. The van der Waals surface area contributed by atoms with Gasteiger partial charge in [0.2, 0.25) is 0 Å². The van der Waals surface area contributed by atoms with Crippen molar-refractivity contribution in [3.63, 3.8) is 0 Å². The van der Waals surface area contributed by atoms with Gasteiger partial charge in [0.1, 0.15) is 0 Å². The molecule has 0 spiro atoms. The van der Waals surface area contributed by atoms with Crippen LogP contribution < -0.4 is 0 Å². The van der Waals surface area contributed by atoms with Gasteiger partial charge in [0.05, 0.1) is 0 Å². The van der Waals surface area contributed by atoms with Crippen molar-refractivity contribution in [2.45, 2.75) is 12.7 Å². The van der Waals surface area contributed by atoms with Crippen LogP contribution in [0.4, 0.5) is 0 Å². The van der Waals surface area contributed by atoms with E-state index in [1.165, 1.54) is 6.08 Å². The van der Waals surface area contributed by atoms with Crippen LogP contribution in [-0.4, -0.2) is 16.5 Å². The smallest absolute Gasteiger partial charge is 0.171 e. The van der Waals surface area contributed by atoms with Crippen LogP contribution in [0.25, 0.3) is 0 Å². The van der Waals surface area contributed by atoms with Gasteiger partial charge in [0.25, 0.3) is 0 Å². The normalized spacial score (nSPS) is 23.7. The Kier molecular flexibility index (Phi) is 3.08. The minimum absolute atomic E-state index is 0.321. The number of rotatable bonds is 2. The van der Waals surface area contributed by atoms with Gasteiger partial charge in [-0.15, -0.1) is 0 Å². The molecule has 0 fully saturated rings. The average Bonchev–Trinajstić information content (AvgIpc) is 2.03. The van der Waals surface area contributed by atoms with Gasteiger partial charge in [0.15, 0.2) is 6.29 Å². The maximum absolute atomic E-state index is 8.51. The van der Waals surface area contributed by atoms with Crippen molar-refractivity contribution in [1.29, 1.82) is 0 Å². The Morgan fingerprint density at radius 3 is 2.73 bits per heavy atom. The van der Waals surface area contributed by atoms with Crippen molar-refractivity contribution in [2.24, 2.45) is 5.92 Å². The summed E-state index contributed by atoms with van der Waals surface area (Å²) in [5.41, 5.74) is 0. The Morgan fingerprint density at radius 2 is 2.18 bits per heavy atom. The first-order valence-electron chi connectivity index (χ1n) is 3.67. The van der Waals surface area contributed by atoms with E-state index in [-0.39, 0.29) is 0 Å². The van der Waals surface area contributed by atoms with E-state index < -0.39 is 6.29 Å². The first-order chi connectivity index (χ1) is 5.29. The lowest BCUT2D eigenvalue weighted by Gasteiger charge is -2.06. The molecule has 0 saturated heterocycles. The van der Waals surface area contributed by atoms with Crippen molar-refractivity contribution in [3.05, 3.63) is 36.5 Å². The fraction of sp³-hybridized carbons (Fsp3) is 0.333. The van der Waals surface area contributed by atoms with Crippen molar-refractivity contribution < 1.29 is 10.2 Å². The van der Waals surface area contributed by atoms with Crippen LogP contribution >= 0.6 is 0 Å². The molecule has 0 radical (unpaired) electrons. The summed E-state index contributed by atoms with van der Waals surface area (Å²) < 4.78 is 0. The molecule has 0 amide bonds. The van der Waals surface area contributed by atoms with Crippen molar-refractivity contribution in [1.82, 2.24) is 0 Å². The Labute approximate surface area is 66.2 Å². The number of aliphatic hydroxyl groups excluding tert-OH is 1. The van der Waals surface area contributed by atoms with E-state index in [0.717, 1.165) is 6.42 Å². The van der Waals surface area contributed by atoms with E-state index in [9.17, 15) is 0 Å². The lowest BCUT2D eigenvalue weighted by Crippen LogP contribution is -2.00. The van der Waals surface area contributed by atoms with Gasteiger partial charge < -0.3 is 10.2 Å². The predicted octanol–water partition coefficient (Wildman–Crippen LogP) is 0.986. The predicted molar refractivity (Wildman–Crippen MR) is 43.8 cm³/mol. The monoisotopic (exact) mass is 152 g/mol. The molecule has 11 heavy (non-hydrogen) atoms. The zero-order valence-electron chi connectivity index (χ0n) is 6.22. The molecule has 0 bridgehead atoms. The second-order valence-electron chi connectivity index (χ2n) is 2.51. The van der Waals surface area contributed by atoms with E-state index in [2.05, 4.69) is 6.08 Å². The maximum Gasteiger partial charge on any atom is 0.171 e. The summed E-state index contributed by atoms with van der Waals surface area (Å²) in [7, 11) is 0. The highest BCUT2D eigenvalue weighted by Gasteiger charge is 1.99. The summed E-state index contributed by atoms with van der Waals surface area (Å²) in [4.78, 5) is 0. The number of allylic oxidation sites excluding steroid dienone is 5. The maximum atomic E-state index is 8.51. The third-order valence-corrected chi connectivity index (χ3v) is 1.54. The van der Waals surface area contributed by atoms with Crippen LogP contribution in [0.2, 0.25) is 0 Å². The van der Waals surface area contributed by atoms with Crippen molar-refractivity contribution >= 4 is 0 Å². The summed E-state index contributed by atoms with van der Waals surface area (Å²) in [5, 5.41) is 17.0. The zero-order valence-corrected chi connectivity index (χ0v) is 6.22. The largest absolute Gasteiger partial charge is 0.365 e. The third kappa shape index (κ3) is 3.16. The van der Waals surface area contributed by atoms with Gasteiger partial charge in [-0.2, -0.15) is 0 Å². The summed E-state index contributed by atoms with van der Waals surface area (Å²) in [5.74, 6) is 0.321. The molecule has 0 aliphatic heterocycles. The van der Waals surface area contributed by atoms with Gasteiger partial charge in [-0.3, -0.25) is 0 Å². The third-order valence-electron chi connectivity index (χ3n) is 1.54. The molecule has 2 N–H and O–H groups in total. The summed E-state index contributed by atoms with van der Waals surface area (Å²) >= 11 is 0. The topological polar surface area (TPSA) is 40.5 Å². The number of hydrogen-bond donors (Lipinski definition) is 2. The number of hydrogen-bond acceptors (Lipinski definition) is 2. The van der Waals surface area contributed by atoms with Gasteiger partial charge in [0, 0.05) is 0 Å². The molecule has 0 aromatic carbocycles. The van der Waals surface area contributed by atoms with E-state index in [1.807, 2.05) is 18.2 Å². The second-order valence-corrected chi connectivity index (χ2v) is 2.51. The van der Waals surface area contributed by atoms with Crippen LogP contribution in [-0.2, 0) is 0 Å². The quantitative estimate of drug-likeness (QED) is 0.457. The van der Waals surface area contributed by atoms with Crippen molar-refractivity contribution in [2.75, 3.05) is 0 Å². The lowest BCUT2D eigenvalue weighted by molar-refractivity contribution is 0.00203. The Morgan fingerprint density at radius 1 is 1.36 bits per heavy atom. The Balaban J connectivity index is 2.38. The van der Waals surface area contributed by atoms with Crippen LogP contribution in [0.1, 0.15) is 6.42 Å². The van der Waals surface area contributed by atoms with Crippen molar-refractivity contribution in [3.8, 4) is 0 Å². The molecule has 1 atom stereocenters. The Hall–Kier alpha value is -0.860. The molecule has 60 valence electrons. The molecule has 1 aliphatic rings. The highest BCUT2D eigenvalue weighted by Crippen LogP contribution is 2.12. The standard InChI is InChI=1S/C9H12O2/c10-9(11)7-6-8-4-2-1-3-5-8/h1-4,6-11H,5H2. The Bertz CT molecular complexity index is 190. The molecular weight excluding hydrogens is 140 g/mol. The zero-order chi connectivity index (χ0) is 8.10. The molecule has 2 heteroatoms. The van der Waals surface area contributed by atoms with E-state index in [0.29, 0.717) is 5.92 Å². The molecule has 1 unspecified atom stereocenters. The van der Waals surface area contributed by atoms with Gasteiger partial charge >= 0.3 is 0 Å². The highest BCUT2D eigenvalue weighted by atomic mass is 16.5. The van der Waals surface area contributed by atoms with E-state index in [1.54, 1.807) is 6.08 Å². The fourth-order valence-corrected chi connectivity index (χ4v) is 0.985. The molecule has 0 heterocycles. The molecule has 0 aromatic rings. The van der Waals surface area contributed by atoms with Gasteiger partial charge in [-0.25, -0.2) is 0 Å². The molecule has 0 aromatic heterocycles. The second kappa shape index (κ2) is 4.11. The van der Waals surface area contributed by atoms with Crippen LogP contribution in [0.5, 0.6) is 0 Å². The summed E-state index contributed by atoms with van der Waals surface area (Å²) in [6, 6.07) is 0. The first kappa shape index (κ1) is 8.24. The van der Waals surface area contributed by atoms with E-state index in [4.69, 9.17) is 10.2 Å². The minimum Gasteiger partial charge on any atom is -0.365 e.